The molecule has 0 radical (unpaired) electrons. The highest BCUT2D eigenvalue weighted by Gasteiger charge is 2.21. The zero-order valence-corrected chi connectivity index (χ0v) is 14.8. The highest BCUT2D eigenvalue weighted by molar-refractivity contribution is 7.17. The zero-order valence-electron chi connectivity index (χ0n) is 14.0. The molecule has 0 atom stereocenters. The monoisotopic (exact) mass is 356 g/mol. The summed E-state index contributed by atoms with van der Waals surface area (Å²) in [5.74, 6) is 2.31. The van der Waals surface area contributed by atoms with Crippen LogP contribution in [0.4, 0.5) is 17.5 Å². The van der Waals surface area contributed by atoms with E-state index in [0.717, 1.165) is 53.4 Å². The summed E-state index contributed by atoms with van der Waals surface area (Å²) in [5, 5.41) is 15.1. The van der Waals surface area contributed by atoms with Crippen LogP contribution in [-0.4, -0.2) is 41.4 Å². The Kier molecular flexibility index (Phi) is 4.42. The predicted molar refractivity (Wildman–Crippen MR) is 101 cm³/mol. The summed E-state index contributed by atoms with van der Waals surface area (Å²) < 4.78 is 6.32. The standard InChI is InChI=1S/C18H20N4O2S/c1-24-14-4-2-3-12(11-14)19-17-16-15(7-10-25-16)20-18(21-17)22-8-5-13(23)6-9-22/h2-4,7,10-11,13,23H,5-6,8-9H2,1H3,(H,19,20,21). The van der Waals surface area contributed by atoms with E-state index in [4.69, 9.17) is 14.7 Å². The summed E-state index contributed by atoms with van der Waals surface area (Å²) in [6, 6.07) is 9.80. The lowest BCUT2D eigenvalue weighted by molar-refractivity contribution is 0.145. The van der Waals surface area contributed by atoms with Crippen molar-refractivity contribution in [3.8, 4) is 5.75 Å². The highest BCUT2D eigenvalue weighted by Crippen LogP contribution is 2.31. The summed E-state index contributed by atoms with van der Waals surface area (Å²) >= 11 is 1.62. The number of fused-ring (bicyclic) bond motifs is 1. The molecule has 2 N–H and O–H groups in total. The van der Waals surface area contributed by atoms with Crippen molar-refractivity contribution in [2.45, 2.75) is 18.9 Å². The van der Waals surface area contributed by atoms with Gasteiger partial charge in [0.2, 0.25) is 5.95 Å². The van der Waals surface area contributed by atoms with Gasteiger partial charge in [-0.25, -0.2) is 4.98 Å². The van der Waals surface area contributed by atoms with Crippen LogP contribution >= 0.6 is 11.3 Å². The number of nitrogens with one attached hydrogen (secondary N) is 1. The molecule has 0 unspecified atom stereocenters. The lowest BCUT2D eigenvalue weighted by Gasteiger charge is -2.29. The molecule has 3 heterocycles. The van der Waals surface area contributed by atoms with Gasteiger partial charge < -0.3 is 20.1 Å². The number of aliphatic hydroxyl groups excluding tert-OH is 1. The number of anilines is 3. The Morgan fingerprint density at radius 3 is 2.88 bits per heavy atom. The number of rotatable bonds is 4. The molecule has 25 heavy (non-hydrogen) atoms. The van der Waals surface area contributed by atoms with Gasteiger partial charge in [0.15, 0.2) is 5.82 Å². The Bertz CT molecular complexity index is 874. The van der Waals surface area contributed by atoms with Crippen molar-refractivity contribution in [2.24, 2.45) is 0 Å². The van der Waals surface area contributed by atoms with Crippen LogP contribution in [0.5, 0.6) is 5.75 Å². The predicted octanol–water partition coefficient (Wildman–Crippen LogP) is 3.40. The number of methoxy groups -OCH3 is 1. The number of piperidine rings is 1. The minimum Gasteiger partial charge on any atom is -0.497 e. The van der Waals surface area contributed by atoms with E-state index < -0.39 is 0 Å². The molecule has 0 aliphatic carbocycles. The van der Waals surface area contributed by atoms with E-state index >= 15 is 0 Å². The Morgan fingerprint density at radius 1 is 1.24 bits per heavy atom. The molecule has 0 amide bonds. The molecule has 3 aromatic rings. The zero-order chi connectivity index (χ0) is 17.2. The molecule has 130 valence electrons. The smallest absolute Gasteiger partial charge is 0.227 e. The average molecular weight is 356 g/mol. The summed E-state index contributed by atoms with van der Waals surface area (Å²) in [6.07, 6.45) is 1.29. The molecule has 1 aliphatic heterocycles. The van der Waals surface area contributed by atoms with Crippen LogP contribution in [0.15, 0.2) is 35.7 Å². The first-order valence-electron chi connectivity index (χ1n) is 8.32. The maximum atomic E-state index is 9.72. The number of nitrogens with zero attached hydrogens (tertiary/aromatic N) is 3. The summed E-state index contributed by atoms with van der Waals surface area (Å²) in [7, 11) is 1.66. The van der Waals surface area contributed by atoms with Gasteiger partial charge in [0, 0.05) is 24.8 Å². The van der Waals surface area contributed by atoms with Crippen LogP contribution in [0.25, 0.3) is 10.2 Å². The van der Waals surface area contributed by atoms with Crippen molar-refractivity contribution in [3.63, 3.8) is 0 Å². The lowest BCUT2D eigenvalue weighted by Crippen LogP contribution is -2.36. The number of ether oxygens (including phenoxy) is 1. The van der Waals surface area contributed by atoms with Crippen LogP contribution in [0, 0.1) is 0 Å². The Labute approximate surface area is 150 Å². The fourth-order valence-electron chi connectivity index (χ4n) is 2.98. The number of aromatic nitrogens is 2. The molecule has 0 spiro atoms. The van der Waals surface area contributed by atoms with E-state index in [-0.39, 0.29) is 6.10 Å². The molecule has 1 aliphatic rings. The van der Waals surface area contributed by atoms with E-state index in [0.29, 0.717) is 5.95 Å². The second-order valence-electron chi connectivity index (χ2n) is 6.08. The van der Waals surface area contributed by atoms with Crippen molar-refractivity contribution in [3.05, 3.63) is 35.7 Å². The van der Waals surface area contributed by atoms with E-state index in [1.807, 2.05) is 35.7 Å². The number of hydrogen-bond acceptors (Lipinski definition) is 7. The Balaban J connectivity index is 1.68. The van der Waals surface area contributed by atoms with Crippen LogP contribution in [0.1, 0.15) is 12.8 Å². The highest BCUT2D eigenvalue weighted by atomic mass is 32.1. The first kappa shape index (κ1) is 16.1. The maximum absolute atomic E-state index is 9.72. The molecule has 2 aromatic heterocycles. The van der Waals surface area contributed by atoms with Gasteiger partial charge in [-0.15, -0.1) is 11.3 Å². The SMILES string of the molecule is COc1cccc(Nc2nc(N3CCC(O)CC3)nc3ccsc23)c1. The van der Waals surface area contributed by atoms with E-state index in [1.54, 1.807) is 18.4 Å². The van der Waals surface area contributed by atoms with Gasteiger partial charge in [-0.05, 0) is 36.4 Å². The molecule has 1 saturated heterocycles. The van der Waals surface area contributed by atoms with Crippen LogP contribution in [0.2, 0.25) is 0 Å². The molecule has 0 saturated carbocycles. The topological polar surface area (TPSA) is 70.5 Å². The number of benzene rings is 1. The van der Waals surface area contributed by atoms with Crippen LogP contribution in [0.3, 0.4) is 0 Å². The Morgan fingerprint density at radius 2 is 2.08 bits per heavy atom. The second-order valence-corrected chi connectivity index (χ2v) is 7.00. The van der Waals surface area contributed by atoms with Gasteiger partial charge in [0.1, 0.15) is 5.75 Å². The van der Waals surface area contributed by atoms with Gasteiger partial charge in [0.05, 0.1) is 23.4 Å². The Hall–Kier alpha value is -2.38. The first-order valence-corrected chi connectivity index (χ1v) is 9.20. The molecular formula is C18H20N4O2S. The fraction of sp³-hybridized carbons (Fsp3) is 0.333. The quantitative estimate of drug-likeness (QED) is 0.747. The third-order valence-corrected chi connectivity index (χ3v) is 5.28. The average Bonchev–Trinajstić information content (AvgIpc) is 3.11. The van der Waals surface area contributed by atoms with Crippen molar-refractivity contribution >= 4 is 39.0 Å². The molecule has 7 heteroatoms. The minimum absolute atomic E-state index is 0.212. The molecule has 1 fully saturated rings. The normalized spacial score (nSPS) is 15.5. The van der Waals surface area contributed by atoms with Gasteiger partial charge in [0.25, 0.3) is 0 Å². The van der Waals surface area contributed by atoms with E-state index in [2.05, 4.69) is 10.2 Å². The summed E-state index contributed by atoms with van der Waals surface area (Å²) in [4.78, 5) is 11.6. The molecule has 6 nitrogen and oxygen atoms in total. The maximum Gasteiger partial charge on any atom is 0.227 e. The van der Waals surface area contributed by atoms with Crippen molar-refractivity contribution < 1.29 is 9.84 Å². The van der Waals surface area contributed by atoms with Gasteiger partial charge in [-0.1, -0.05) is 6.07 Å². The molecular weight excluding hydrogens is 336 g/mol. The van der Waals surface area contributed by atoms with Gasteiger partial charge >= 0.3 is 0 Å². The van der Waals surface area contributed by atoms with Gasteiger partial charge in [-0.3, -0.25) is 0 Å². The summed E-state index contributed by atoms with van der Waals surface area (Å²) in [5.41, 5.74) is 1.86. The third-order valence-electron chi connectivity index (χ3n) is 4.37. The van der Waals surface area contributed by atoms with Crippen LogP contribution < -0.4 is 15.0 Å². The second kappa shape index (κ2) is 6.85. The van der Waals surface area contributed by atoms with E-state index in [1.165, 1.54) is 0 Å². The summed E-state index contributed by atoms with van der Waals surface area (Å²) in [6.45, 7) is 1.55. The first-order chi connectivity index (χ1) is 12.2. The number of aliphatic hydroxyl groups is 1. The van der Waals surface area contributed by atoms with Crippen molar-refractivity contribution in [1.82, 2.24) is 9.97 Å². The van der Waals surface area contributed by atoms with Crippen molar-refractivity contribution in [1.29, 1.82) is 0 Å². The molecule has 1 aromatic carbocycles. The van der Waals surface area contributed by atoms with Crippen LogP contribution in [-0.2, 0) is 0 Å². The fourth-order valence-corrected chi connectivity index (χ4v) is 3.76. The van der Waals surface area contributed by atoms with Gasteiger partial charge in [-0.2, -0.15) is 4.98 Å². The number of thiophene rings is 1. The largest absolute Gasteiger partial charge is 0.497 e. The molecule has 4 rings (SSSR count). The number of hydrogen-bond donors (Lipinski definition) is 2. The molecule has 0 bridgehead atoms. The van der Waals surface area contributed by atoms with Crippen molar-refractivity contribution in [2.75, 3.05) is 30.4 Å². The minimum atomic E-state index is -0.212. The van der Waals surface area contributed by atoms with E-state index in [9.17, 15) is 5.11 Å². The third kappa shape index (κ3) is 3.38. The lowest BCUT2D eigenvalue weighted by atomic mass is 10.1.